The Morgan fingerprint density at radius 3 is 2.48 bits per heavy atom. The molecule has 0 atom stereocenters. The number of Topliss-reactive ketones (excluding diaryl/α,β-unsaturated/α-hetero) is 1. The molecular weight excluding hydrogens is 316 g/mol. The van der Waals surface area contributed by atoms with Crippen LogP contribution in [-0.2, 0) is 6.42 Å². The fourth-order valence-corrected chi connectivity index (χ4v) is 2.72. The minimum absolute atomic E-state index is 0.118. The number of carbonyl (C=O) groups is 2. The quantitative estimate of drug-likeness (QED) is 0.719. The zero-order chi connectivity index (χ0) is 18.2. The van der Waals surface area contributed by atoms with E-state index in [2.05, 4.69) is 10.6 Å². The van der Waals surface area contributed by atoms with Crippen molar-refractivity contribution in [3.8, 4) is 5.75 Å². The number of hydrogen-bond donors (Lipinski definition) is 2. The molecular formula is C20H26N2O3. The lowest BCUT2D eigenvalue weighted by Gasteiger charge is -2.12. The molecule has 0 bridgehead atoms. The summed E-state index contributed by atoms with van der Waals surface area (Å²) < 4.78 is 5.32. The number of fused-ring (bicyclic) bond motifs is 1. The fraction of sp³-hybridized carbons (Fsp3) is 0.400. The molecule has 0 saturated heterocycles. The Balaban J connectivity index is 2.25. The molecule has 2 aromatic carbocycles. The third-order valence-corrected chi connectivity index (χ3v) is 4.11. The summed E-state index contributed by atoms with van der Waals surface area (Å²) in [6.07, 6.45) is 2.02. The second-order valence-corrected chi connectivity index (χ2v) is 5.93. The number of hydrogen-bond acceptors (Lipinski definition) is 3. The Morgan fingerprint density at radius 1 is 1.04 bits per heavy atom. The fourth-order valence-electron chi connectivity index (χ4n) is 2.72. The van der Waals surface area contributed by atoms with Gasteiger partial charge in [0.25, 0.3) is 0 Å². The van der Waals surface area contributed by atoms with E-state index in [4.69, 9.17) is 4.74 Å². The molecule has 2 amide bonds. The van der Waals surface area contributed by atoms with Crippen molar-refractivity contribution in [1.29, 1.82) is 0 Å². The van der Waals surface area contributed by atoms with E-state index >= 15 is 0 Å². The Kier molecular flexibility index (Phi) is 6.81. The van der Waals surface area contributed by atoms with Crippen molar-refractivity contribution in [2.45, 2.75) is 33.1 Å². The van der Waals surface area contributed by atoms with E-state index in [1.54, 1.807) is 7.11 Å². The highest BCUT2D eigenvalue weighted by Gasteiger charge is 2.10. The van der Waals surface area contributed by atoms with Crippen molar-refractivity contribution >= 4 is 22.6 Å². The molecule has 0 spiro atoms. The number of carbonyl (C=O) groups excluding carboxylic acids is 2. The molecule has 0 aliphatic carbocycles. The number of urea groups is 1. The molecule has 0 heterocycles. The maximum atomic E-state index is 12.1. The molecule has 0 aliphatic rings. The zero-order valence-electron chi connectivity index (χ0n) is 15.1. The molecule has 0 unspecified atom stereocenters. The molecule has 0 radical (unpaired) electrons. The van der Waals surface area contributed by atoms with Gasteiger partial charge < -0.3 is 15.4 Å². The SMILES string of the molecule is CCCNC(=O)NCCc1cc(C(=O)CC)cc2ccc(OC)cc12. The van der Waals surface area contributed by atoms with Crippen molar-refractivity contribution in [3.05, 3.63) is 41.5 Å². The predicted octanol–water partition coefficient (Wildman–Crippen LogP) is 3.69. The summed E-state index contributed by atoms with van der Waals surface area (Å²) in [4.78, 5) is 23.8. The summed E-state index contributed by atoms with van der Waals surface area (Å²) in [7, 11) is 1.63. The van der Waals surface area contributed by atoms with Crippen molar-refractivity contribution in [2.75, 3.05) is 20.2 Å². The van der Waals surface area contributed by atoms with Gasteiger partial charge in [-0.25, -0.2) is 4.79 Å². The van der Waals surface area contributed by atoms with Crippen molar-refractivity contribution in [2.24, 2.45) is 0 Å². The summed E-state index contributed by atoms with van der Waals surface area (Å²) in [5.41, 5.74) is 1.74. The maximum Gasteiger partial charge on any atom is 0.314 e. The average Bonchev–Trinajstić information content (AvgIpc) is 2.64. The molecule has 2 N–H and O–H groups in total. The van der Waals surface area contributed by atoms with Crippen LogP contribution in [0.1, 0.15) is 42.6 Å². The lowest BCUT2D eigenvalue weighted by atomic mass is 9.96. The van der Waals surface area contributed by atoms with Gasteiger partial charge in [-0.1, -0.05) is 19.9 Å². The molecule has 134 valence electrons. The van der Waals surface area contributed by atoms with Crippen LogP contribution in [0.4, 0.5) is 4.79 Å². The minimum Gasteiger partial charge on any atom is -0.497 e. The molecule has 0 aromatic heterocycles. The van der Waals surface area contributed by atoms with Crippen LogP contribution in [0.3, 0.4) is 0 Å². The third kappa shape index (κ3) is 4.95. The van der Waals surface area contributed by atoms with Crippen LogP contribution in [0.25, 0.3) is 10.8 Å². The number of benzene rings is 2. The largest absolute Gasteiger partial charge is 0.497 e. The Hall–Kier alpha value is -2.56. The smallest absolute Gasteiger partial charge is 0.314 e. The van der Waals surface area contributed by atoms with Crippen LogP contribution in [0.15, 0.2) is 30.3 Å². The summed E-state index contributed by atoms with van der Waals surface area (Å²) >= 11 is 0. The highest BCUT2D eigenvalue weighted by atomic mass is 16.5. The van der Waals surface area contributed by atoms with E-state index in [-0.39, 0.29) is 11.8 Å². The van der Waals surface area contributed by atoms with Gasteiger partial charge in [-0.3, -0.25) is 4.79 Å². The van der Waals surface area contributed by atoms with Gasteiger partial charge in [-0.2, -0.15) is 0 Å². The monoisotopic (exact) mass is 342 g/mol. The number of ketones is 1. The normalized spacial score (nSPS) is 10.5. The van der Waals surface area contributed by atoms with Gasteiger partial charge >= 0.3 is 6.03 Å². The van der Waals surface area contributed by atoms with Crippen molar-refractivity contribution < 1.29 is 14.3 Å². The van der Waals surface area contributed by atoms with Crippen LogP contribution in [0.2, 0.25) is 0 Å². The maximum absolute atomic E-state index is 12.1. The number of methoxy groups -OCH3 is 1. The third-order valence-electron chi connectivity index (χ3n) is 4.11. The minimum atomic E-state index is -0.162. The molecule has 0 saturated carbocycles. The van der Waals surface area contributed by atoms with E-state index < -0.39 is 0 Å². The molecule has 25 heavy (non-hydrogen) atoms. The summed E-state index contributed by atoms with van der Waals surface area (Å²) in [6, 6.07) is 9.52. The van der Waals surface area contributed by atoms with Gasteiger partial charge in [0, 0.05) is 25.1 Å². The Labute approximate surface area is 148 Å². The highest BCUT2D eigenvalue weighted by Crippen LogP contribution is 2.26. The molecule has 2 aromatic rings. The molecule has 0 aliphatic heterocycles. The zero-order valence-corrected chi connectivity index (χ0v) is 15.1. The summed E-state index contributed by atoms with van der Waals surface area (Å²) in [5.74, 6) is 0.893. The average molecular weight is 342 g/mol. The number of ether oxygens (including phenoxy) is 1. The van der Waals surface area contributed by atoms with E-state index in [0.717, 1.165) is 28.5 Å². The van der Waals surface area contributed by atoms with Crippen LogP contribution < -0.4 is 15.4 Å². The van der Waals surface area contributed by atoms with Gasteiger partial charge in [-0.15, -0.1) is 0 Å². The van der Waals surface area contributed by atoms with Gasteiger partial charge in [0.15, 0.2) is 5.78 Å². The highest BCUT2D eigenvalue weighted by molar-refractivity contribution is 6.01. The Morgan fingerprint density at radius 2 is 1.80 bits per heavy atom. The summed E-state index contributed by atoms with van der Waals surface area (Å²) in [6.45, 7) is 5.04. The van der Waals surface area contributed by atoms with E-state index in [0.29, 0.717) is 31.5 Å². The lowest BCUT2D eigenvalue weighted by Crippen LogP contribution is -2.36. The number of rotatable bonds is 8. The topological polar surface area (TPSA) is 67.4 Å². The van der Waals surface area contributed by atoms with Crippen LogP contribution in [0.5, 0.6) is 5.75 Å². The first kappa shape index (κ1) is 18.8. The summed E-state index contributed by atoms with van der Waals surface area (Å²) in [5, 5.41) is 7.69. The van der Waals surface area contributed by atoms with Crippen molar-refractivity contribution in [3.63, 3.8) is 0 Å². The molecule has 0 fully saturated rings. The first-order chi connectivity index (χ1) is 12.1. The number of amides is 2. The van der Waals surface area contributed by atoms with E-state index in [1.165, 1.54) is 0 Å². The standard InChI is InChI=1S/C20H26N2O3/c1-4-9-21-20(24)22-10-8-15-12-16(19(23)5-2)11-14-6-7-17(25-3)13-18(14)15/h6-7,11-13H,4-5,8-10H2,1-3H3,(H2,21,22,24). The first-order valence-corrected chi connectivity index (χ1v) is 8.74. The second-order valence-electron chi connectivity index (χ2n) is 5.93. The van der Waals surface area contributed by atoms with E-state index in [1.807, 2.05) is 44.2 Å². The molecule has 2 rings (SSSR count). The molecule has 5 nitrogen and oxygen atoms in total. The van der Waals surface area contributed by atoms with Gasteiger partial charge in [0.1, 0.15) is 5.75 Å². The van der Waals surface area contributed by atoms with E-state index in [9.17, 15) is 9.59 Å². The predicted molar refractivity (Wildman–Crippen MR) is 101 cm³/mol. The van der Waals surface area contributed by atoms with Crippen LogP contribution in [-0.4, -0.2) is 32.0 Å². The lowest BCUT2D eigenvalue weighted by molar-refractivity contribution is 0.0988. The second kappa shape index (κ2) is 9.06. The molecule has 5 heteroatoms. The van der Waals surface area contributed by atoms with Crippen LogP contribution in [0, 0.1) is 0 Å². The van der Waals surface area contributed by atoms with Gasteiger partial charge in [0.05, 0.1) is 7.11 Å². The first-order valence-electron chi connectivity index (χ1n) is 8.74. The van der Waals surface area contributed by atoms with Crippen LogP contribution >= 0.6 is 0 Å². The van der Waals surface area contributed by atoms with Gasteiger partial charge in [0.2, 0.25) is 0 Å². The number of nitrogens with one attached hydrogen (secondary N) is 2. The Bertz CT molecular complexity index is 756. The van der Waals surface area contributed by atoms with Crippen molar-refractivity contribution in [1.82, 2.24) is 10.6 Å². The van der Waals surface area contributed by atoms with Gasteiger partial charge in [-0.05, 0) is 53.4 Å².